The van der Waals surface area contributed by atoms with E-state index in [0.29, 0.717) is 18.6 Å². The molecule has 3 atom stereocenters. The van der Waals surface area contributed by atoms with E-state index in [4.69, 9.17) is 4.74 Å². The van der Waals surface area contributed by atoms with Gasteiger partial charge >= 0.3 is 5.97 Å². The summed E-state index contributed by atoms with van der Waals surface area (Å²) in [6.45, 7) is 8.34. The smallest absolute Gasteiger partial charge is 0.310 e. The molecule has 2 heterocycles. The lowest BCUT2D eigenvalue weighted by atomic mass is 9.92. The SMILES string of the molecule is CCOC(=O)C1CCCN(CC2CNNC2c2ccc(C)cc2)C1. The molecule has 3 rings (SSSR count). The summed E-state index contributed by atoms with van der Waals surface area (Å²) < 4.78 is 5.21. The summed E-state index contributed by atoms with van der Waals surface area (Å²) >= 11 is 0. The zero-order valence-electron chi connectivity index (χ0n) is 14.8. The highest BCUT2D eigenvalue weighted by atomic mass is 16.5. The van der Waals surface area contributed by atoms with Crippen molar-refractivity contribution in [1.82, 2.24) is 15.8 Å². The second-order valence-electron chi connectivity index (χ2n) is 7.02. The van der Waals surface area contributed by atoms with Crippen LogP contribution in [-0.4, -0.2) is 43.7 Å². The molecule has 2 N–H and O–H groups in total. The standard InChI is InChI=1S/C19H29N3O2/c1-3-24-19(23)16-5-4-10-22(12-16)13-17-11-20-21-18(17)15-8-6-14(2)7-9-15/h6-9,16-18,20-21H,3-5,10-13H2,1-2H3. The van der Waals surface area contributed by atoms with Gasteiger partial charge in [-0.2, -0.15) is 0 Å². The van der Waals surface area contributed by atoms with Gasteiger partial charge in [0.25, 0.3) is 0 Å². The number of likely N-dealkylation sites (tertiary alicyclic amines) is 1. The number of hydrazine groups is 1. The number of nitrogens with zero attached hydrogens (tertiary/aromatic N) is 1. The molecule has 0 amide bonds. The van der Waals surface area contributed by atoms with Crippen molar-refractivity contribution < 1.29 is 9.53 Å². The molecule has 2 aliphatic rings. The number of esters is 1. The average molecular weight is 331 g/mol. The van der Waals surface area contributed by atoms with Crippen molar-refractivity contribution in [3.63, 3.8) is 0 Å². The molecule has 1 aromatic rings. The normalized spacial score (nSPS) is 28.0. The molecule has 0 aliphatic carbocycles. The summed E-state index contributed by atoms with van der Waals surface area (Å²) in [5.74, 6) is 0.521. The van der Waals surface area contributed by atoms with Crippen molar-refractivity contribution in [1.29, 1.82) is 0 Å². The summed E-state index contributed by atoms with van der Waals surface area (Å²) in [5, 5.41) is 0. The van der Waals surface area contributed by atoms with Crippen LogP contribution in [0.2, 0.25) is 0 Å². The number of carbonyl (C=O) groups is 1. The summed E-state index contributed by atoms with van der Waals surface area (Å²) in [6, 6.07) is 9.09. The maximum absolute atomic E-state index is 12.0. The van der Waals surface area contributed by atoms with Crippen molar-refractivity contribution in [3.8, 4) is 0 Å². The van der Waals surface area contributed by atoms with E-state index in [1.165, 1.54) is 11.1 Å². The molecule has 132 valence electrons. The number of carbonyl (C=O) groups excluding carboxylic acids is 1. The zero-order chi connectivity index (χ0) is 16.9. The Labute approximate surface area is 144 Å². The fourth-order valence-corrected chi connectivity index (χ4v) is 3.84. The van der Waals surface area contributed by atoms with E-state index in [1.54, 1.807) is 0 Å². The van der Waals surface area contributed by atoms with Crippen LogP contribution in [0.15, 0.2) is 24.3 Å². The Morgan fingerprint density at radius 3 is 2.88 bits per heavy atom. The fourth-order valence-electron chi connectivity index (χ4n) is 3.84. The monoisotopic (exact) mass is 331 g/mol. The van der Waals surface area contributed by atoms with Gasteiger partial charge in [0.1, 0.15) is 0 Å². The highest BCUT2D eigenvalue weighted by Crippen LogP contribution is 2.27. The van der Waals surface area contributed by atoms with Crippen LogP contribution >= 0.6 is 0 Å². The zero-order valence-corrected chi connectivity index (χ0v) is 14.8. The average Bonchev–Trinajstić information content (AvgIpc) is 3.04. The molecule has 2 aliphatic heterocycles. The highest BCUT2D eigenvalue weighted by Gasteiger charge is 2.33. The Morgan fingerprint density at radius 1 is 1.33 bits per heavy atom. The van der Waals surface area contributed by atoms with Crippen LogP contribution in [0.3, 0.4) is 0 Å². The minimum absolute atomic E-state index is 0.0278. The second kappa shape index (κ2) is 8.10. The van der Waals surface area contributed by atoms with E-state index in [2.05, 4.69) is 46.9 Å². The van der Waals surface area contributed by atoms with Gasteiger partial charge in [0.05, 0.1) is 18.6 Å². The Hall–Kier alpha value is -1.43. The van der Waals surface area contributed by atoms with Crippen LogP contribution in [-0.2, 0) is 9.53 Å². The number of rotatable bonds is 5. The van der Waals surface area contributed by atoms with E-state index < -0.39 is 0 Å². The van der Waals surface area contributed by atoms with Gasteiger partial charge in [-0.3, -0.25) is 10.2 Å². The van der Waals surface area contributed by atoms with Gasteiger partial charge in [-0.1, -0.05) is 29.8 Å². The van der Waals surface area contributed by atoms with E-state index in [9.17, 15) is 4.79 Å². The number of hydrogen-bond donors (Lipinski definition) is 2. The third-order valence-electron chi connectivity index (χ3n) is 5.15. The summed E-state index contributed by atoms with van der Waals surface area (Å²) in [4.78, 5) is 14.5. The van der Waals surface area contributed by atoms with E-state index in [-0.39, 0.29) is 11.9 Å². The first kappa shape index (κ1) is 17.4. The highest BCUT2D eigenvalue weighted by molar-refractivity contribution is 5.72. The first-order valence-electron chi connectivity index (χ1n) is 9.11. The molecule has 3 unspecified atom stereocenters. The van der Waals surface area contributed by atoms with Crippen molar-refractivity contribution in [2.75, 3.05) is 32.8 Å². The Kier molecular flexibility index (Phi) is 5.87. The molecular weight excluding hydrogens is 302 g/mol. The number of hydrogen-bond acceptors (Lipinski definition) is 5. The van der Waals surface area contributed by atoms with Crippen LogP contribution in [0.5, 0.6) is 0 Å². The van der Waals surface area contributed by atoms with Crippen molar-refractivity contribution in [2.24, 2.45) is 11.8 Å². The molecule has 2 saturated heterocycles. The largest absolute Gasteiger partial charge is 0.466 e. The van der Waals surface area contributed by atoms with Crippen molar-refractivity contribution in [3.05, 3.63) is 35.4 Å². The topological polar surface area (TPSA) is 53.6 Å². The van der Waals surface area contributed by atoms with Gasteiger partial charge in [0.15, 0.2) is 0 Å². The van der Waals surface area contributed by atoms with Crippen molar-refractivity contribution >= 4 is 5.97 Å². The third kappa shape index (κ3) is 4.15. The third-order valence-corrected chi connectivity index (χ3v) is 5.15. The van der Waals surface area contributed by atoms with Gasteiger partial charge in [-0.25, -0.2) is 5.43 Å². The summed E-state index contributed by atoms with van der Waals surface area (Å²) in [7, 11) is 0. The van der Waals surface area contributed by atoms with Crippen molar-refractivity contribution in [2.45, 2.75) is 32.7 Å². The molecule has 24 heavy (non-hydrogen) atoms. The molecule has 5 nitrogen and oxygen atoms in total. The first-order chi connectivity index (χ1) is 11.7. The number of nitrogens with one attached hydrogen (secondary N) is 2. The quantitative estimate of drug-likeness (QED) is 0.809. The van der Waals surface area contributed by atoms with E-state index in [1.807, 2.05) is 6.92 Å². The number of ether oxygens (including phenoxy) is 1. The van der Waals surface area contributed by atoms with Crippen LogP contribution in [0, 0.1) is 18.8 Å². The molecule has 0 spiro atoms. The maximum atomic E-state index is 12.0. The predicted octanol–water partition coefficient (Wildman–Crippen LogP) is 2.04. The fraction of sp³-hybridized carbons (Fsp3) is 0.632. The number of aryl methyl sites for hydroxylation is 1. The van der Waals surface area contributed by atoms with Gasteiger partial charge in [-0.15, -0.1) is 0 Å². The maximum Gasteiger partial charge on any atom is 0.310 e. The number of benzene rings is 1. The Morgan fingerprint density at radius 2 is 2.12 bits per heavy atom. The Balaban J connectivity index is 1.60. The Bertz CT molecular complexity index is 546. The van der Waals surface area contributed by atoms with E-state index >= 15 is 0 Å². The van der Waals surface area contributed by atoms with Crippen LogP contribution in [0.4, 0.5) is 0 Å². The van der Waals surface area contributed by atoms with Gasteiger partial charge in [0.2, 0.25) is 0 Å². The lowest BCUT2D eigenvalue weighted by Crippen LogP contribution is -2.42. The lowest BCUT2D eigenvalue weighted by molar-refractivity contribution is -0.150. The van der Waals surface area contributed by atoms with Gasteiger partial charge in [-0.05, 0) is 38.8 Å². The molecule has 5 heteroatoms. The van der Waals surface area contributed by atoms with Gasteiger partial charge in [0, 0.05) is 25.6 Å². The number of piperidine rings is 1. The molecule has 2 fully saturated rings. The van der Waals surface area contributed by atoms with Crippen LogP contribution < -0.4 is 10.9 Å². The van der Waals surface area contributed by atoms with Crippen LogP contribution in [0.1, 0.15) is 36.9 Å². The second-order valence-corrected chi connectivity index (χ2v) is 7.02. The van der Waals surface area contributed by atoms with Gasteiger partial charge < -0.3 is 9.64 Å². The molecule has 1 aromatic carbocycles. The molecular formula is C19H29N3O2. The summed E-state index contributed by atoms with van der Waals surface area (Å²) in [6.07, 6.45) is 2.03. The minimum atomic E-state index is -0.0278. The van der Waals surface area contributed by atoms with Crippen LogP contribution in [0.25, 0.3) is 0 Å². The summed E-state index contributed by atoms with van der Waals surface area (Å²) in [5.41, 5.74) is 9.34. The first-order valence-corrected chi connectivity index (χ1v) is 9.11. The molecule has 0 saturated carbocycles. The molecule has 0 aromatic heterocycles. The molecule has 0 bridgehead atoms. The predicted molar refractivity (Wildman–Crippen MR) is 94.3 cm³/mol. The minimum Gasteiger partial charge on any atom is -0.466 e. The molecule has 0 radical (unpaired) electrons. The van der Waals surface area contributed by atoms with E-state index in [0.717, 1.165) is 39.0 Å². The lowest BCUT2D eigenvalue weighted by Gasteiger charge is -2.34.